The summed E-state index contributed by atoms with van der Waals surface area (Å²) in [5.74, 6) is 0.671. The maximum Gasteiger partial charge on any atom is 0.255 e. The average Bonchev–Trinajstić information content (AvgIpc) is 3.53. The normalized spacial score (nSPS) is 22.4. The molecule has 4 atom stereocenters. The van der Waals surface area contributed by atoms with Crippen LogP contribution in [-0.2, 0) is 4.74 Å². The monoisotopic (exact) mass is 514 g/mol. The van der Waals surface area contributed by atoms with Crippen molar-refractivity contribution in [1.82, 2.24) is 19.9 Å². The molecule has 0 radical (unpaired) electrons. The second-order valence-electron chi connectivity index (χ2n) is 9.09. The molecule has 3 aromatic heterocycles. The van der Waals surface area contributed by atoms with Crippen LogP contribution in [0.1, 0.15) is 59.8 Å². The van der Waals surface area contributed by atoms with E-state index in [9.17, 15) is 9.90 Å². The number of aliphatic hydroxyl groups excluding tert-OH is 1. The number of rotatable bonds is 8. The van der Waals surface area contributed by atoms with Crippen LogP contribution in [0, 0.1) is 6.92 Å². The van der Waals surface area contributed by atoms with Crippen LogP contribution in [0.3, 0.4) is 0 Å². The third kappa shape index (κ3) is 5.10. The molecule has 5 rings (SSSR count). The van der Waals surface area contributed by atoms with E-state index >= 15 is 0 Å². The Balaban J connectivity index is 1.23. The highest BCUT2D eigenvalue weighted by atomic mass is 32.1. The zero-order valence-electron chi connectivity index (χ0n) is 19.8. The van der Waals surface area contributed by atoms with Crippen molar-refractivity contribution >= 4 is 39.5 Å². The summed E-state index contributed by atoms with van der Waals surface area (Å²) in [4.78, 5) is 29.8. The van der Waals surface area contributed by atoms with Crippen LogP contribution in [0.5, 0.6) is 0 Å². The minimum Gasteiger partial charge on any atom is -0.386 e. The van der Waals surface area contributed by atoms with Crippen molar-refractivity contribution in [3.05, 3.63) is 40.0 Å². The summed E-state index contributed by atoms with van der Waals surface area (Å²) in [7, 11) is 0. The number of amides is 1. The van der Waals surface area contributed by atoms with E-state index in [2.05, 4.69) is 20.3 Å². The van der Waals surface area contributed by atoms with Crippen LogP contribution >= 0.6 is 22.7 Å². The van der Waals surface area contributed by atoms with Gasteiger partial charge in [-0.05, 0) is 51.7 Å². The van der Waals surface area contributed by atoms with Crippen LogP contribution in [0.25, 0.3) is 10.6 Å². The summed E-state index contributed by atoms with van der Waals surface area (Å²) in [6, 6.07) is 4.09. The molecule has 9 nitrogen and oxygen atoms in total. The van der Waals surface area contributed by atoms with Gasteiger partial charge in [0.05, 0.1) is 34.5 Å². The van der Waals surface area contributed by atoms with E-state index in [0.29, 0.717) is 34.7 Å². The molecule has 2 bridgehead atoms. The molecule has 0 spiro atoms. The summed E-state index contributed by atoms with van der Waals surface area (Å²) >= 11 is 2.92. The molecule has 2 saturated heterocycles. The number of nitrogens with zero attached hydrogens (tertiary/aromatic N) is 4. The van der Waals surface area contributed by atoms with Gasteiger partial charge in [0.1, 0.15) is 16.9 Å². The van der Waals surface area contributed by atoms with Crippen LogP contribution in [-0.4, -0.2) is 62.2 Å². The van der Waals surface area contributed by atoms with Crippen LogP contribution in [0.15, 0.2) is 23.7 Å². The Hall–Kier alpha value is -2.44. The number of carbonyl (C=O) groups is 1. The van der Waals surface area contributed by atoms with Crippen molar-refractivity contribution in [2.24, 2.45) is 5.73 Å². The molecule has 3 aromatic rings. The second kappa shape index (κ2) is 10.3. The van der Waals surface area contributed by atoms with Gasteiger partial charge in [0.25, 0.3) is 5.91 Å². The van der Waals surface area contributed by atoms with E-state index in [1.807, 2.05) is 29.3 Å². The fourth-order valence-corrected chi connectivity index (χ4v) is 6.70. The Morgan fingerprint density at radius 2 is 2.09 bits per heavy atom. The molecule has 1 amide bonds. The van der Waals surface area contributed by atoms with E-state index in [4.69, 9.17) is 10.5 Å². The molecule has 11 heteroatoms. The molecule has 2 fully saturated rings. The molecule has 5 heterocycles. The number of hydrogen-bond acceptors (Lipinski definition) is 10. The Kier molecular flexibility index (Phi) is 7.12. The first-order valence-electron chi connectivity index (χ1n) is 11.9. The number of aromatic nitrogens is 3. The Labute approximate surface area is 212 Å². The lowest BCUT2D eigenvalue weighted by Gasteiger charge is -2.38. The van der Waals surface area contributed by atoms with Gasteiger partial charge in [-0.2, -0.15) is 0 Å². The highest BCUT2D eigenvalue weighted by molar-refractivity contribution is 7.17. The lowest BCUT2D eigenvalue weighted by Crippen LogP contribution is -2.48. The number of carbonyl (C=O) groups excluding carboxylic acids is 1. The average molecular weight is 515 g/mol. The number of piperidine rings is 1. The van der Waals surface area contributed by atoms with Gasteiger partial charge in [0, 0.05) is 30.2 Å². The van der Waals surface area contributed by atoms with Gasteiger partial charge in [-0.25, -0.2) is 15.0 Å². The van der Waals surface area contributed by atoms with Gasteiger partial charge in [0.15, 0.2) is 5.13 Å². The number of ether oxygens (including phenoxy) is 1. The zero-order chi connectivity index (χ0) is 24.5. The van der Waals surface area contributed by atoms with Crippen molar-refractivity contribution < 1.29 is 14.6 Å². The number of fused-ring (bicyclic) bond motifs is 2. The quantitative estimate of drug-likeness (QED) is 0.413. The molecule has 0 aromatic carbocycles. The van der Waals surface area contributed by atoms with Crippen molar-refractivity contribution in [2.75, 3.05) is 18.5 Å². The second-order valence-corrected chi connectivity index (χ2v) is 11.0. The lowest BCUT2D eigenvalue weighted by atomic mass is 9.98. The number of pyridine rings is 1. The third-order valence-electron chi connectivity index (χ3n) is 6.55. The van der Waals surface area contributed by atoms with Gasteiger partial charge in [-0.3, -0.25) is 4.79 Å². The van der Waals surface area contributed by atoms with Gasteiger partial charge in [-0.1, -0.05) is 0 Å². The molecule has 4 N–H and O–H groups in total. The smallest absolute Gasteiger partial charge is 0.255 e. The fourth-order valence-electron chi connectivity index (χ4n) is 4.95. The maximum atomic E-state index is 13.3. The predicted molar refractivity (Wildman–Crippen MR) is 137 cm³/mol. The summed E-state index contributed by atoms with van der Waals surface area (Å²) in [6.07, 6.45) is 5.03. The Morgan fingerprint density at radius 3 is 2.71 bits per heavy atom. The number of anilines is 2. The van der Waals surface area contributed by atoms with E-state index in [1.54, 1.807) is 13.1 Å². The molecule has 186 valence electrons. The first kappa shape index (κ1) is 24.3. The molecular formula is C24H30N6O3S2. The highest BCUT2D eigenvalue weighted by Gasteiger charge is 2.43. The minimum absolute atomic E-state index is 0.0416. The van der Waals surface area contributed by atoms with E-state index in [0.717, 1.165) is 41.9 Å². The minimum atomic E-state index is -0.597. The first-order valence-corrected chi connectivity index (χ1v) is 13.6. The SMILES string of the molecule is Cc1nc(C(C)O)sc1-c1csc(Nc2ccc(C(=O)N3C4CC[C@@H]3CC(OCCN)C4)cn2)n1. The van der Waals surface area contributed by atoms with E-state index in [1.165, 1.54) is 22.7 Å². The standard InChI is InChI=1S/C24H30N6O3S2/c1-13-21(35-22(27-13)14(2)31)19-12-34-24(28-19)29-20-6-3-15(11-26-20)23(32)30-16-4-5-17(30)10-18(9-16)33-8-7-25/h3,6,11-12,14,16-18,31H,4-5,7-10,25H2,1-2H3,(H,26,28,29)/t14?,16-,17?,18?/m1/s1. The zero-order valence-corrected chi connectivity index (χ0v) is 21.4. The van der Waals surface area contributed by atoms with E-state index in [-0.39, 0.29) is 24.1 Å². The van der Waals surface area contributed by atoms with Crippen LogP contribution < -0.4 is 11.1 Å². The lowest BCUT2D eigenvalue weighted by molar-refractivity contribution is -0.0114. The van der Waals surface area contributed by atoms with Gasteiger partial charge in [-0.15, -0.1) is 22.7 Å². The van der Waals surface area contributed by atoms with Crippen molar-refractivity contribution in [1.29, 1.82) is 0 Å². The van der Waals surface area contributed by atoms with Crippen molar-refractivity contribution in [3.63, 3.8) is 0 Å². The first-order chi connectivity index (χ1) is 16.9. The van der Waals surface area contributed by atoms with Gasteiger partial charge in [0.2, 0.25) is 0 Å². The number of aryl methyl sites for hydroxylation is 1. The topological polar surface area (TPSA) is 126 Å². The Bertz CT molecular complexity index is 1160. The molecular weight excluding hydrogens is 484 g/mol. The summed E-state index contributed by atoms with van der Waals surface area (Å²) in [5, 5.41) is 16.4. The number of thiazole rings is 2. The fraction of sp³-hybridized carbons (Fsp3) is 0.500. The van der Waals surface area contributed by atoms with Crippen LogP contribution in [0.2, 0.25) is 0 Å². The largest absolute Gasteiger partial charge is 0.386 e. The molecule has 3 unspecified atom stereocenters. The predicted octanol–water partition coefficient (Wildman–Crippen LogP) is 3.88. The molecule has 35 heavy (non-hydrogen) atoms. The summed E-state index contributed by atoms with van der Waals surface area (Å²) in [5.41, 5.74) is 7.84. The van der Waals surface area contributed by atoms with Crippen LogP contribution in [0.4, 0.5) is 10.9 Å². The van der Waals surface area contributed by atoms with Crippen molar-refractivity contribution in [2.45, 2.75) is 63.8 Å². The summed E-state index contributed by atoms with van der Waals surface area (Å²) in [6.45, 7) is 4.73. The van der Waals surface area contributed by atoms with Gasteiger partial charge < -0.3 is 25.8 Å². The number of nitrogens with two attached hydrogens (primary N) is 1. The Morgan fingerprint density at radius 1 is 1.31 bits per heavy atom. The van der Waals surface area contributed by atoms with E-state index < -0.39 is 6.10 Å². The number of aliphatic hydroxyl groups is 1. The third-order valence-corrected chi connectivity index (χ3v) is 8.66. The molecule has 2 aliphatic heterocycles. The van der Waals surface area contributed by atoms with Crippen molar-refractivity contribution in [3.8, 4) is 10.6 Å². The molecule has 0 saturated carbocycles. The number of nitrogens with one attached hydrogen (secondary N) is 1. The number of hydrogen-bond donors (Lipinski definition) is 3. The summed E-state index contributed by atoms with van der Waals surface area (Å²) < 4.78 is 5.86. The maximum absolute atomic E-state index is 13.3. The highest BCUT2D eigenvalue weighted by Crippen LogP contribution is 2.38. The van der Waals surface area contributed by atoms with Gasteiger partial charge >= 0.3 is 0 Å². The molecule has 2 aliphatic rings. The molecule has 0 aliphatic carbocycles.